The molecule has 0 bridgehead atoms. The second kappa shape index (κ2) is 8.27. The second-order valence-corrected chi connectivity index (χ2v) is 2.58. The minimum absolute atomic E-state index is 0.703. The minimum Gasteiger partial charge on any atom is -0.382 e. The molecule has 0 fully saturated rings. The molecule has 0 aliphatic heterocycles. The zero-order valence-electron chi connectivity index (χ0n) is 6.05. The molecule has 0 aliphatic carbocycles. The lowest BCUT2D eigenvalue weighted by Crippen LogP contribution is -2.03. The third-order valence-electron chi connectivity index (χ3n) is 0.864. The van der Waals surface area contributed by atoms with Crippen LogP contribution in [0.2, 0.25) is 0 Å². The van der Waals surface area contributed by atoms with Crippen molar-refractivity contribution in [2.45, 2.75) is 0 Å². The van der Waals surface area contributed by atoms with Crippen molar-refractivity contribution in [2.75, 3.05) is 38.9 Å². The average molecular weight is 150 g/mol. The van der Waals surface area contributed by atoms with E-state index in [1.807, 2.05) is 0 Å². The van der Waals surface area contributed by atoms with E-state index in [1.54, 1.807) is 18.9 Å². The van der Waals surface area contributed by atoms with Crippen LogP contribution in [0, 0.1) is 0 Å². The van der Waals surface area contributed by atoms with Gasteiger partial charge in [0.1, 0.15) is 0 Å². The Hall–Kier alpha value is 0.270. The van der Waals surface area contributed by atoms with E-state index in [0.29, 0.717) is 6.61 Å². The summed E-state index contributed by atoms with van der Waals surface area (Å²) in [6, 6.07) is 0. The number of thioether (sulfide) groups is 1. The molecule has 0 saturated carbocycles. The van der Waals surface area contributed by atoms with Gasteiger partial charge in [0, 0.05) is 12.9 Å². The maximum Gasteiger partial charge on any atom is 0.0700 e. The van der Waals surface area contributed by atoms with Crippen LogP contribution in [0.25, 0.3) is 0 Å². The quantitative estimate of drug-likeness (QED) is 0.526. The Morgan fingerprint density at radius 1 is 1.22 bits per heavy atom. The van der Waals surface area contributed by atoms with Crippen LogP contribution >= 0.6 is 11.8 Å². The molecule has 2 nitrogen and oxygen atoms in total. The van der Waals surface area contributed by atoms with Gasteiger partial charge in [-0.3, -0.25) is 0 Å². The van der Waals surface area contributed by atoms with Gasteiger partial charge in [0.05, 0.1) is 19.8 Å². The Bertz CT molecular complexity index is 44.3. The maximum atomic E-state index is 5.17. The summed E-state index contributed by atoms with van der Waals surface area (Å²) in [6.07, 6.45) is 2.07. The summed E-state index contributed by atoms with van der Waals surface area (Å²) < 4.78 is 9.96. The van der Waals surface area contributed by atoms with Crippen molar-refractivity contribution in [1.29, 1.82) is 0 Å². The molecule has 0 amide bonds. The van der Waals surface area contributed by atoms with Crippen LogP contribution < -0.4 is 0 Å². The lowest BCUT2D eigenvalue weighted by molar-refractivity contribution is 0.0790. The normalized spacial score (nSPS) is 10.0. The van der Waals surface area contributed by atoms with Crippen molar-refractivity contribution in [3.63, 3.8) is 0 Å². The molecule has 0 rings (SSSR count). The molecule has 0 atom stereocenters. The van der Waals surface area contributed by atoms with Crippen LogP contribution in [0.15, 0.2) is 0 Å². The van der Waals surface area contributed by atoms with Crippen LogP contribution in [0.3, 0.4) is 0 Å². The second-order valence-electron chi connectivity index (χ2n) is 1.60. The van der Waals surface area contributed by atoms with Gasteiger partial charge in [-0.15, -0.1) is 0 Å². The summed E-state index contributed by atoms with van der Waals surface area (Å²) in [6.45, 7) is 2.26. The summed E-state index contributed by atoms with van der Waals surface area (Å²) in [4.78, 5) is 0. The number of methoxy groups -OCH3 is 1. The maximum absolute atomic E-state index is 5.17. The lowest BCUT2D eigenvalue weighted by Gasteiger charge is -2.00. The zero-order chi connectivity index (χ0) is 6.95. The van der Waals surface area contributed by atoms with Gasteiger partial charge in [0.25, 0.3) is 0 Å². The molecule has 0 aromatic rings. The first-order valence-electron chi connectivity index (χ1n) is 2.97. The molecule has 9 heavy (non-hydrogen) atoms. The van der Waals surface area contributed by atoms with Crippen LogP contribution in [-0.4, -0.2) is 38.9 Å². The Labute approximate surface area is 60.9 Å². The van der Waals surface area contributed by atoms with Gasteiger partial charge in [0.2, 0.25) is 0 Å². The Morgan fingerprint density at radius 2 is 2.00 bits per heavy atom. The molecule has 0 aliphatic rings. The van der Waals surface area contributed by atoms with Crippen LogP contribution in [0.5, 0.6) is 0 Å². The van der Waals surface area contributed by atoms with E-state index < -0.39 is 0 Å². The van der Waals surface area contributed by atoms with Gasteiger partial charge in [0.15, 0.2) is 0 Å². The number of ether oxygens (including phenoxy) is 2. The highest BCUT2D eigenvalue weighted by Crippen LogP contribution is 1.89. The molecular weight excluding hydrogens is 136 g/mol. The molecule has 0 radical (unpaired) electrons. The first-order valence-corrected chi connectivity index (χ1v) is 4.37. The van der Waals surface area contributed by atoms with Crippen molar-refractivity contribution in [1.82, 2.24) is 0 Å². The highest BCUT2D eigenvalue weighted by Gasteiger charge is 1.84. The first kappa shape index (κ1) is 9.27. The molecule has 0 aromatic heterocycles. The van der Waals surface area contributed by atoms with E-state index in [1.165, 1.54) is 0 Å². The fourth-order valence-corrected chi connectivity index (χ4v) is 0.671. The molecule has 3 heteroatoms. The third kappa shape index (κ3) is 8.27. The summed E-state index contributed by atoms with van der Waals surface area (Å²) in [5.74, 6) is 1.07. The van der Waals surface area contributed by atoms with Crippen molar-refractivity contribution in [3.8, 4) is 0 Å². The number of hydrogen-bond donors (Lipinski definition) is 0. The fraction of sp³-hybridized carbons (Fsp3) is 1.00. The molecule has 0 unspecified atom stereocenters. The van der Waals surface area contributed by atoms with Crippen molar-refractivity contribution >= 4 is 11.8 Å². The smallest absolute Gasteiger partial charge is 0.0700 e. The highest BCUT2D eigenvalue weighted by atomic mass is 32.2. The van der Waals surface area contributed by atoms with Crippen molar-refractivity contribution < 1.29 is 9.47 Å². The monoisotopic (exact) mass is 150 g/mol. The topological polar surface area (TPSA) is 18.5 Å². The summed E-state index contributed by atoms with van der Waals surface area (Å²) in [5, 5.41) is 0. The number of hydrogen-bond acceptors (Lipinski definition) is 3. The average Bonchev–Trinajstić information content (AvgIpc) is 1.89. The van der Waals surface area contributed by atoms with E-state index >= 15 is 0 Å². The zero-order valence-corrected chi connectivity index (χ0v) is 6.87. The largest absolute Gasteiger partial charge is 0.382 e. The van der Waals surface area contributed by atoms with Gasteiger partial charge < -0.3 is 9.47 Å². The summed E-state index contributed by atoms with van der Waals surface area (Å²) >= 11 is 1.79. The van der Waals surface area contributed by atoms with Gasteiger partial charge >= 0.3 is 0 Å². The van der Waals surface area contributed by atoms with E-state index in [9.17, 15) is 0 Å². The van der Waals surface area contributed by atoms with Gasteiger partial charge in [-0.25, -0.2) is 0 Å². The van der Waals surface area contributed by atoms with Crippen molar-refractivity contribution in [2.24, 2.45) is 0 Å². The van der Waals surface area contributed by atoms with Crippen molar-refractivity contribution in [3.05, 3.63) is 0 Å². The standard InChI is InChI=1S/C6H14O2S/c1-7-3-4-8-5-6-9-2/h3-6H2,1-2H3. The van der Waals surface area contributed by atoms with Crippen LogP contribution in [0.1, 0.15) is 0 Å². The van der Waals surface area contributed by atoms with Gasteiger partial charge in [-0.05, 0) is 6.26 Å². The Kier molecular flexibility index (Phi) is 8.52. The van der Waals surface area contributed by atoms with Gasteiger partial charge in [-0.1, -0.05) is 0 Å². The highest BCUT2D eigenvalue weighted by molar-refractivity contribution is 7.98. The molecule has 56 valence electrons. The minimum atomic E-state index is 0.703. The molecule has 0 aromatic carbocycles. The van der Waals surface area contributed by atoms with Crippen LogP contribution in [0.4, 0.5) is 0 Å². The summed E-state index contributed by atoms with van der Waals surface area (Å²) in [5.41, 5.74) is 0. The molecular formula is C6H14O2S. The molecule has 0 heterocycles. The fourth-order valence-electron chi connectivity index (χ4n) is 0.387. The predicted molar refractivity (Wildman–Crippen MR) is 41.1 cm³/mol. The predicted octanol–water partition coefficient (Wildman–Crippen LogP) is 1.01. The van der Waals surface area contributed by atoms with E-state index in [0.717, 1.165) is 19.0 Å². The van der Waals surface area contributed by atoms with E-state index in [4.69, 9.17) is 9.47 Å². The molecule has 0 N–H and O–H groups in total. The SMILES string of the molecule is COCCOCCSC. The third-order valence-corrected chi connectivity index (χ3v) is 1.44. The number of rotatable bonds is 6. The Morgan fingerprint density at radius 3 is 2.56 bits per heavy atom. The van der Waals surface area contributed by atoms with E-state index in [2.05, 4.69) is 6.26 Å². The van der Waals surface area contributed by atoms with Crippen LogP contribution in [-0.2, 0) is 9.47 Å². The molecule has 0 saturated heterocycles. The lowest BCUT2D eigenvalue weighted by atomic mass is 10.7. The van der Waals surface area contributed by atoms with E-state index in [-0.39, 0.29) is 0 Å². The first-order chi connectivity index (χ1) is 4.41. The Balaban J connectivity index is 2.60. The summed E-state index contributed by atoms with van der Waals surface area (Å²) in [7, 11) is 1.68. The van der Waals surface area contributed by atoms with Gasteiger partial charge in [-0.2, -0.15) is 11.8 Å². The molecule has 0 spiro atoms.